The molecular formula is C14H23N3O3S. The van der Waals surface area contributed by atoms with E-state index < -0.39 is 18.0 Å². The van der Waals surface area contributed by atoms with Crippen LogP contribution in [0.5, 0.6) is 0 Å². The minimum Gasteiger partial charge on any atom is -0.480 e. The number of rotatable bonds is 5. The van der Waals surface area contributed by atoms with E-state index in [1.54, 1.807) is 13.8 Å². The SMILES string of the molecule is CC(C)C(NC(=O)NCc1nc(C(C)(C)C)cs1)C(=O)O. The fourth-order valence-electron chi connectivity index (χ4n) is 1.60. The normalized spacial score (nSPS) is 13.0. The van der Waals surface area contributed by atoms with Crippen LogP contribution in [0.25, 0.3) is 0 Å². The number of urea groups is 1. The molecule has 1 aromatic rings. The number of nitrogens with zero attached hydrogens (tertiary/aromatic N) is 1. The average Bonchev–Trinajstić information content (AvgIpc) is 2.81. The Morgan fingerprint density at radius 1 is 1.38 bits per heavy atom. The van der Waals surface area contributed by atoms with E-state index in [-0.39, 0.29) is 17.9 Å². The first-order valence-corrected chi connectivity index (χ1v) is 7.71. The Balaban J connectivity index is 2.53. The van der Waals surface area contributed by atoms with Gasteiger partial charge in [0.2, 0.25) is 0 Å². The zero-order valence-corrected chi connectivity index (χ0v) is 13.9. The van der Waals surface area contributed by atoms with Crippen molar-refractivity contribution in [1.29, 1.82) is 0 Å². The molecule has 7 heteroatoms. The van der Waals surface area contributed by atoms with Crippen LogP contribution in [0.3, 0.4) is 0 Å². The minimum atomic E-state index is -1.04. The third kappa shape index (κ3) is 5.34. The van der Waals surface area contributed by atoms with Gasteiger partial charge < -0.3 is 15.7 Å². The molecule has 1 unspecified atom stereocenters. The molecule has 3 N–H and O–H groups in total. The zero-order chi connectivity index (χ0) is 16.2. The lowest BCUT2D eigenvalue weighted by atomic mass is 9.93. The maximum Gasteiger partial charge on any atom is 0.326 e. The Morgan fingerprint density at radius 2 is 2.00 bits per heavy atom. The number of carboxylic acids is 1. The predicted molar refractivity (Wildman–Crippen MR) is 82.4 cm³/mol. The highest BCUT2D eigenvalue weighted by molar-refractivity contribution is 7.09. The number of carboxylic acid groups (broad SMARTS) is 1. The number of carbonyl (C=O) groups is 2. The van der Waals surface area contributed by atoms with Gasteiger partial charge in [-0.25, -0.2) is 14.6 Å². The number of nitrogens with one attached hydrogen (secondary N) is 2. The van der Waals surface area contributed by atoms with Crippen molar-refractivity contribution in [1.82, 2.24) is 15.6 Å². The van der Waals surface area contributed by atoms with Crippen molar-refractivity contribution in [2.24, 2.45) is 5.92 Å². The molecule has 1 heterocycles. The lowest BCUT2D eigenvalue weighted by molar-refractivity contribution is -0.140. The van der Waals surface area contributed by atoms with Gasteiger partial charge in [0.1, 0.15) is 11.0 Å². The number of aromatic nitrogens is 1. The third-order valence-electron chi connectivity index (χ3n) is 2.94. The van der Waals surface area contributed by atoms with E-state index in [1.807, 2.05) is 5.38 Å². The number of thiazole rings is 1. The van der Waals surface area contributed by atoms with Crippen molar-refractivity contribution in [2.45, 2.75) is 52.6 Å². The third-order valence-corrected chi connectivity index (χ3v) is 3.79. The van der Waals surface area contributed by atoms with Crippen LogP contribution in [-0.4, -0.2) is 28.1 Å². The maximum atomic E-state index is 11.7. The Labute approximate surface area is 129 Å². The van der Waals surface area contributed by atoms with Crippen LogP contribution in [0.4, 0.5) is 4.79 Å². The Bertz CT molecular complexity index is 506. The molecule has 2 amide bonds. The number of carbonyl (C=O) groups excluding carboxylic acids is 1. The van der Waals surface area contributed by atoms with Crippen LogP contribution in [0.15, 0.2) is 5.38 Å². The molecule has 0 aliphatic heterocycles. The van der Waals surface area contributed by atoms with Gasteiger partial charge in [0, 0.05) is 10.8 Å². The van der Waals surface area contributed by atoms with Crippen molar-refractivity contribution in [2.75, 3.05) is 0 Å². The van der Waals surface area contributed by atoms with Gasteiger partial charge >= 0.3 is 12.0 Å². The predicted octanol–water partition coefficient (Wildman–Crippen LogP) is 2.35. The molecule has 1 rings (SSSR count). The fraction of sp³-hybridized carbons (Fsp3) is 0.643. The topological polar surface area (TPSA) is 91.3 Å². The summed E-state index contributed by atoms with van der Waals surface area (Å²) in [7, 11) is 0. The summed E-state index contributed by atoms with van der Waals surface area (Å²) in [6.07, 6.45) is 0. The summed E-state index contributed by atoms with van der Waals surface area (Å²) >= 11 is 1.48. The lowest BCUT2D eigenvalue weighted by Gasteiger charge is -2.18. The first-order valence-electron chi connectivity index (χ1n) is 6.83. The van der Waals surface area contributed by atoms with Crippen molar-refractivity contribution < 1.29 is 14.7 Å². The molecule has 0 bridgehead atoms. The smallest absolute Gasteiger partial charge is 0.326 e. The van der Waals surface area contributed by atoms with Gasteiger partial charge in [-0.3, -0.25) is 0 Å². The second-order valence-electron chi connectivity index (χ2n) is 6.26. The maximum absolute atomic E-state index is 11.7. The van der Waals surface area contributed by atoms with E-state index in [2.05, 4.69) is 36.4 Å². The van der Waals surface area contributed by atoms with Crippen LogP contribution in [0, 0.1) is 5.92 Å². The quantitative estimate of drug-likeness (QED) is 0.778. The van der Waals surface area contributed by atoms with Crippen molar-refractivity contribution in [3.05, 3.63) is 16.1 Å². The molecule has 1 aromatic heterocycles. The second-order valence-corrected chi connectivity index (χ2v) is 7.21. The summed E-state index contributed by atoms with van der Waals surface area (Å²) < 4.78 is 0. The fourth-order valence-corrected chi connectivity index (χ4v) is 2.56. The van der Waals surface area contributed by atoms with Crippen LogP contribution >= 0.6 is 11.3 Å². The van der Waals surface area contributed by atoms with Gasteiger partial charge in [-0.05, 0) is 5.92 Å². The van der Waals surface area contributed by atoms with Gasteiger partial charge in [0.25, 0.3) is 0 Å². The number of amides is 2. The van der Waals surface area contributed by atoms with Crippen molar-refractivity contribution >= 4 is 23.3 Å². The molecule has 0 aromatic carbocycles. The lowest BCUT2D eigenvalue weighted by Crippen LogP contribution is -2.48. The average molecular weight is 313 g/mol. The van der Waals surface area contributed by atoms with E-state index in [4.69, 9.17) is 5.11 Å². The van der Waals surface area contributed by atoms with E-state index in [1.165, 1.54) is 11.3 Å². The monoisotopic (exact) mass is 313 g/mol. The van der Waals surface area contributed by atoms with E-state index >= 15 is 0 Å². The van der Waals surface area contributed by atoms with Gasteiger partial charge in [0.15, 0.2) is 0 Å². The van der Waals surface area contributed by atoms with Gasteiger partial charge in [-0.2, -0.15) is 0 Å². The molecule has 0 aliphatic carbocycles. The van der Waals surface area contributed by atoms with Crippen molar-refractivity contribution in [3.8, 4) is 0 Å². The summed E-state index contributed by atoms with van der Waals surface area (Å²) in [5.41, 5.74) is 0.957. The molecule has 0 radical (unpaired) electrons. The van der Waals surface area contributed by atoms with Crippen molar-refractivity contribution in [3.63, 3.8) is 0 Å². The first-order chi connectivity index (χ1) is 9.61. The van der Waals surface area contributed by atoms with Crippen LogP contribution in [0.1, 0.15) is 45.3 Å². The number of hydrogen-bond acceptors (Lipinski definition) is 4. The Hall–Kier alpha value is -1.63. The summed E-state index contributed by atoms with van der Waals surface area (Å²) in [6, 6.07) is -1.39. The van der Waals surface area contributed by atoms with Gasteiger partial charge in [-0.1, -0.05) is 34.6 Å². The number of hydrogen-bond donors (Lipinski definition) is 3. The highest BCUT2D eigenvalue weighted by atomic mass is 32.1. The largest absolute Gasteiger partial charge is 0.480 e. The van der Waals surface area contributed by atoms with Crippen LogP contribution in [-0.2, 0) is 16.8 Å². The molecule has 0 aliphatic rings. The standard InChI is InChI=1S/C14H23N3O3S/c1-8(2)11(12(18)19)17-13(20)15-6-10-16-9(7-21-10)14(3,4)5/h7-8,11H,6H2,1-5H3,(H,18,19)(H2,15,17,20). The summed E-state index contributed by atoms with van der Waals surface area (Å²) in [5.74, 6) is -1.22. The Kier molecular flexibility index (Phi) is 5.71. The molecule has 0 saturated heterocycles. The van der Waals surface area contributed by atoms with Gasteiger partial charge in [-0.15, -0.1) is 11.3 Å². The highest BCUT2D eigenvalue weighted by Crippen LogP contribution is 2.23. The molecule has 0 fully saturated rings. The molecule has 118 valence electrons. The molecular weight excluding hydrogens is 290 g/mol. The van der Waals surface area contributed by atoms with E-state index in [0.29, 0.717) is 0 Å². The van der Waals surface area contributed by atoms with Crippen LogP contribution in [0.2, 0.25) is 0 Å². The molecule has 0 saturated carbocycles. The number of aliphatic carboxylic acids is 1. The Morgan fingerprint density at radius 3 is 2.43 bits per heavy atom. The molecule has 21 heavy (non-hydrogen) atoms. The zero-order valence-electron chi connectivity index (χ0n) is 13.1. The molecule has 0 spiro atoms. The summed E-state index contributed by atoms with van der Waals surface area (Å²) in [5, 5.41) is 16.9. The second kappa shape index (κ2) is 6.89. The molecule has 1 atom stereocenters. The van der Waals surface area contributed by atoms with Crippen LogP contribution < -0.4 is 10.6 Å². The minimum absolute atomic E-state index is 0.0247. The first kappa shape index (κ1) is 17.4. The summed E-state index contributed by atoms with van der Waals surface area (Å²) in [4.78, 5) is 27.2. The van der Waals surface area contributed by atoms with Gasteiger partial charge in [0.05, 0.1) is 12.2 Å². The van der Waals surface area contributed by atoms with E-state index in [9.17, 15) is 9.59 Å². The highest BCUT2D eigenvalue weighted by Gasteiger charge is 2.23. The summed E-state index contributed by atoms with van der Waals surface area (Å²) in [6.45, 7) is 10.0. The molecule has 6 nitrogen and oxygen atoms in total. The van der Waals surface area contributed by atoms with E-state index in [0.717, 1.165) is 10.7 Å².